The van der Waals surface area contributed by atoms with Crippen LogP contribution in [0.4, 0.5) is 0 Å². The predicted octanol–water partition coefficient (Wildman–Crippen LogP) is 1.56. The highest BCUT2D eigenvalue weighted by Gasteiger charge is 2.37. The van der Waals surface area contributed by atoms with Crippen LogP contribution in [0.3, 0.4) is 0 Å². The van der Waals surface area contributed by atoms with Gasteiger partial charge < -0.3 is 5.73 Å². The van der Waals surface area contributed by atoms with Gasteiger partial charge in [0.05, 0.1) is 0 Å². The molecule has 5 nitrogen and oxygen atoms in total. The molecule has 0 spiro atoms. The largest absolute Gasteiger partial charge is 0.329 e. The maximum Gasteiger partial charge on any atom is 0.282 e. The van der Waals surface area contributed by atoms with Gasteiger partial charge in [-0.1, -0.05) is 20.3 Å². The van der Waals surface area contributed by atoms with Crippen LogP contribution < -0.4 is 5.73 Å². The molecule has 2 fully saturated rings. The van der Waals surface area contributed by atoms with E-state index in [1.54, 1.807) is 8.61 Å². The summed E-state index contributed by atoms with van der Waals surface area (Å²) in [5, 5.41) is 0. The van der Waals surface area contributed by atoms with E-state index in [-0.39, 0.29) is 11.5 Å². The number of piperidine rings is 1. The van der Waals surface area contributed by atoms with E-state index in [0.717, 1.165) is 38.5 Å². The fourth-order valence-corrected chi connectivity index (χ4v) is 5.20. The number of hydrogen-bond acceptors (Lipinski definition) is 3. The van der Waals surface area contributed by atoms with Crippen LogP contribution in [0, 0.1) is 5.41 Å². The Bertz CT molecular complexity index is 422. The molecule has 0 bridgehead atoms. The Morgan fingerprint density at radius 3 is 2.55 bits per heavy atom. The van der Waals surface area contributed by atoms with E-state index in [9.17, 15) is 8.42 Å². The maximum absolute atomic E-state index is 12.9. The molecule has 2 aliphatic rings. The molecule has 0 aromatic rings. The molecule has 2 heterocycles. The summed E-state index contributed by atoms with van der Waals surface area (Å²) in [4.78, 5) is 0. The first-order valence-electron chi connectivity index (χ1n) is 7.84. The molecule has 2 N–H and O–H groups in total. The molecule has 0 aromatic carbocycles. The standard InChI is InChI=1S/C14H29N3O2S/c1-14(2)7-5-9-16(11-8-14)20(18,19)17-10-4-3-6-13(17)12-15/h13H,3-12,15H2,1-2H3. The van der Waals surface area contributed by atoms with Crippen LogP contribution in [-0.4, -0.2) is 49.2 Å². The van der Waals surface area contributed by atoms with E-state index in [4.69, 9.17) is 5.73 Å². The first kappa shape index (κ1) is 16.2. The van der Waals surface area contributed by atoms with Gasteiger partial charge in [0.15, 0.2) is 0 Å². The molecule has 0 amide bonds. The van der Waals surface area contributed by atoms with Crippen molar-refractivity contribution in [3.8, 4) is 0 Å². The van der Waals surface area contributed by atoms with Crippen LogP contribution in [-0.2, 0) is 10.2 Å². The second kappa shape index (κ2) is 6.30. The molecule has 0 radical (unpaired) electrons. The summed E-state index contributed by atoms with van der Waals surface area (Å²) in [6.07, 6.45) is 5.92. The Balaban J connectivity index is 2.12. The fourth-order valence-electron chi connectivity index (χ4n) is 3.29. The van der Waals surface area contributed by atoms with Crippen LogP contribution in [0.25, 0.3) is 0 Å². The molecule has 0 aliphatic carbocycles. The Kier molecular flexibility index (Phi) is 5.10. The van der Waals surface area contributed by atoms with Crippen molar-refractivity contribution >= 4 is 10.2 Å². The molecule has 2 rings (SSSR count). The molecule has 20 heavy (non-hydrogen) atoms. The smallest absolute Gasteiger partial charge is 0.282 e. The lowest BCUT2D eigenvalue weighted by Gasteiger charge is -2.37. The van der Waals surface area contributed by atoms with Crippen molar-refractivity contribution in [1.29, 1.82) is 0 Å². The van der Waals surface area contributed by atoms with Gasteiger partial charge in [0.1, 0.15) is 0 Å². The van der Waals surface area contributed by atoms with E-state index in [1.807, 2.05) is 0 Å². The highest BCUT2D eigenvalue weighted by molar-refractivity contribution is 7.86. The topological polar surface area (TPSA) is 66.6 Å². The zero-order valence-corrected chi connectivity index (χ0v) is 13.7. The summed E-state index contributed by atoms with van der Waals surface area (Å²) >= 11 is 0. The molecule has 2 saturated heterocycles. The van der Waals surface area contributed by atoms with Crippen LogP contribution in [0.1, 0.15) is 52.4 Å². The SMILES string of the molecule is CC1(C)CCCN(S(=O)(=O)N2CCCCC2CN)CC1. The molecular weight excluding hydrogens is 274 g/mol. The van der Waals surface area contributed by atoms with Gasteiger partial charge in [0, 0.05) is 32.2 Å². The van der Waals surface area contributed by atoms with Gasteiger partial charge in [-0.05, 0) is 37.5 Å². The monoisotopic (exact) mass is 303 g/mol. The quantitative estimate of drug-likeness (QED) is 0.860. The van der Waals surface area contributed by atoms with Crippen molar-refractivity contribution in [2.24, 2.45) is 11.1 Å². The van der Waals surface area contributed by atoms with Gasteiger partial charge in [0.2, 0.25) is 0 Å². The van der Waals surface area contributed by atoms with Crippen LogP contribution in [0.5, 0.6) is 0 Å². The van der Waals surface area contributed by atoms with Gasteiger partial charge in [-0.3, -0.25) is 0 Å². The average Bonchev–Trinajstić information content (AvgIpc) is 2.60. The first-order chi connectivity index (χ1) is 9.37. The van der Waals surface area contributed by atoms with Crippen molar-refractivity contribution in [3.63, 3.8) is 0 Å². The third-order valence-corrected chi connectivity index (χ3v) is 6.86. The highest BCUT2D eigenvalue weighted by atomic mass is 32.2. The Labute approximate surface area is 123 Å². The molecule has 6 heteroatoms. The highest BCUT2D eigenvalue weighted by Crippen LogP contribution is 2.32. The number of nitrogens with two attached hydrogens (primary N) is 1. The third kappa shape index (κ3) is 3.53. The predicted molar refractivity (Wildman–Crippen MR) is 81.5 cm³/mol. The molecule has 0 aromatic heterocycles. The minimum absolute atomic E-state index is 0.00925. The first-order valence-corrected chi connectivity index (χ1v) is 9.23. The van der Waals surface area contributed by atoms with Crippen molar-refractivity contribution in [2.45, 2.75) is 58.4 Å². The van der Waals surface area contributed by atoms with E-state index >= 15 is 0 Å². The average molecular weight is 303 g/mol. The minimum Gasteiger partial charge on any atom is -0.329 e. The van der Waals surface area contributed by atoms with Gasteiger partial charge in [0.25, 0.3) is 10.2 Å². The summed E-state index contributed by atoms with van der Waals surface area (Å²) in [7, 11) is -3.33. The van der Waals surface area contributed by atoms with Gasteiger partial charge in [-0.2, -0.15) is 17.0 Å². The van der Waals surface area contributed by atoms with E-state index < -0.39 is 10.2 Å². The van der Waals surface area contributed by atoms with Crippen molar-refractivity contribution < 1.29 is 8.42 Å². The van der Waals surface area contributed by atoms with E-state index in [2.05, 4.69) is 13.8 Å². The van der Waals surface area contributed by atoms with E-state index in [1.165, 1.54) is 0 Å². The Hall–Kier alpha value is -0.170. The molecular formula is C14H29N3O2S. The van der Waals surface area contributed by atoms with Crippen LogP contribution in [0.15, 0.2) is 0 Å². The van der Waals surface area contributed by atoms with Crippen molar-refractivity contribution in [3.05, 3.63) is 0 Å². The van der Waals surface area contributed by atoms with Gasteiger partial charge >= 0.3 is 0 Å². The van der Waals surface area contributed by atoms with Crippen molar-refractivity contribution in [2.75, 3.05) is 26.2 Å². The second-order valence-electron chi connectivity index (χ2n) is 6.92. The lowest BCUT2D eigenvalue weighted by Crippen LogP contribution is -2.53. The maximum atomic E-state index is 12.9. The van der Waals surface area contributed by atoms with Gasteiger partial charge in [-0.15, -0.1) is 0 Å². The zero-order chi connectivity index (χ0) is 14.8. The van der Waals surface area contributed by atoms with Gasteiger partial charge in [-0.25, -0.2) is 0 Å². The fraction of sp³-hybridized carbons (Fsp3) is 1.00. The lowest BCUT2D eigenvalue weighted by molar-refractivity contribution is 0.234. The number of rotatable bonds is 3. The number of hydrogen-bond donors (Lipinski definition) is 1. The van der Waals surface area contributed by atoms with Crippen LogP contribution in [0.2, 0.25) is 0 Å². The summed E-state index contributed by atoms with van der Waals surface area (Å²) in [6.45, 7) is 6.81. The minimum atomic E-state index is -3.33. The zero-order valence-electron chi connectivity index (χ0n) is 12.8. The summed E-state index contributed by atoms with van der Waals surface area (Å²) in [6, 6.07) is -0.00925. The Morgan fingerprint density at radius 1 is 1.10 bits per heavy atom. The number of nitrogens with zero attached hydrogens (tertiary/aromatic N) is 2. The Morgan fingerprint density at radius 2 is 1.85 bits per heavy atom. The second-order valence-corrected chi connectivity index (χ2v) is 8.80. The normalized spacial score (nSPS) is 30.1. The summed E-state index contributed by atoms with van der Waals surface area (Å²) in [5.41, 5.74) is 6.02. The molecule has 2 aliphatic heterocycles. The molecule has 1 atom stereocenters. The molecule has 0 saturated carbocycles. The third-order valence-electron chi connectivity index (χ3n) is 4.77. The molecule has 118 valence electrons. The van der Waals surface area contributed by atoms with Crippen molar-refractivity contribution in [1.82, 2.24) is 8.61 Å². The van der Waals surface area contributed by atoms with Crippen LogP contribution >= 0.6 is 0 Å². The molecule has 1 unspecified atom stereocenters. The summed E-state index contributed by atoms with van der Waals surface area (Å²) < 4.78 is 29.1. The van der Waals surface area contributed by atoms with E-state index in [0.29, 0.717) is 26.2 Å². The lowest BCUT2D eigenvalue weighted by atomic mass is 9.85. The summed E-state index contributed by atoms with van der Waals surface area (Å²) in [5.74, 6) is 0.